The molecular formula is C72H156Na4O28P8. The molecule has 0 aliphatic carbocycles. The van der Waals surface area contributed by atoms with Crippen LogP contribution in [0.3, 0.4) is 0 Å². The van der Waals surface area contributed by atoms with Gasteiger partial charge in [-0.25, -0.2) is 0 Å². The molecule has 0 aliphatic rings. The molecule has 112 heavy (non-hydrogen) atoms. The Balaban J connectivity index is -0.000000212. The molecule has 0 rings (SSSR count). The van der Waals surface area contributed by atoms with Gasteiger partial charge in [-0.3, -0.25) is 18.3 Å². The van der Waals surface area contributed by atoms with E-state index in [9.17, 15) is 56.1 Å². The summed E-state index contributed by atoms with van der Waals surface area (Å²) in [6.45, 7) is 8.32. The molecule has 0 radical (unpaired) electrons. The summed E-state index contributed by atoms with van der Waals surface area (Å²) in [5.41, 5.74) is -11.1. The number of aliphatic hydroxyl groups excluding tert-OH is 4. The SMILES string of the molecule is CCCCCCCCCCCCCCCCCOP(=O)([O-])C(O)P(=O)(O)O.CCCCCCCCCCCCCCCCCOP(=O)([O-])C(O)P(=O)(O)O.CCCCCCCCCCCCCCCCCOP(=O)([O-])C(O)P(=O)(O)O.CCCCCCCCCCCCCCCCCOP(=O)([O-])C(O)P(=O)(O)O.[Na+].[Na+].[Na+].[Na+]. The molecule has 656 valence electrons. The maximum absolute atomic E-state index is 11.4. The Morgan fingerprint density at radius 3 is 0.348 bits per heavy atom. The molecule has 0 bridgehead atoms. The van der Waals surface area contributed by atoms with E-state index in [1.54, 1.807) is 0 Å². The summed E-state index contributed by atoms with van der Waals surface area (Å²) >= 11 is 0. The average molecular weight is 1810 g/mol. The van der Waals surface area contributed by atoms with E-state index in [0.29, 0.717) is 25.7 Å². The van der Waals surface area contributed by atoms with Crippen LogP contribution in [0.1, 0.15) is 413 Å². The molecule has 0 amide bonds. The zero-order chi connectivity index (χ0) is 82.4. The zero-order valence-corrected chi connectivity index (χ0v) is 86.2. The molecule has 12 N–H and O–H groups in total. The molecule has 0 aliphatic heterocycles. The van der Waals surface area contributed by atoms with Gasteiger partial charge in [-0.1, -0.05) is 387 Å². The summed E-state index contributed by atoms with van der Waals surface area (Å²) < 4.78 is 106. The van der Waals surface area contributed by atoms with Crippen molar-refractivity contribution in [1.29, 1.82) is 0 Å². The summed E-state index contributed by atoms with van der Waals surface area (Å²) in [6.07, 6.45) is 71.2. The number of aliphatic hydroxyl groups is 4. The second kappa shape index (κ2) is 86.8. The van der Waals surface area contributed by atoms with Gasteiger partial charge in [0.05, 0.1) is 26.4 Å². The van der Waals surface area contributed by atoms with E-state index < -0.39 is 83.1 Å². The standard InChI is InChI=1S/4C18H40O7P2.4Na/c4*1-2-3-4-5-6-7-8-9-10-11-12-13-14-15-16-17-25-27(23,24)18(19)26(20,21)22;;;;/h4*18-19H,2-17H2,1H3,(H,23,24)(H2,20,21,22);;;;/q;;;;4*+1/p-4. The molecule has 0 saturated carbocycles. The Bertz CT molecular complexity index is 2100. The van der Waals surface area contributed by atoms with Crippen LogP contribution in [0.5, 0.6) is 0 Å². The van der Waals surface area contributed by atoms with Crippen molar-refractivity contribution in [2.75, 3.05) is 26.4 Å². The van der Waals surface area contributed by atoms with Gasteiger partial charge in [-0.05, 0) is 25.7 Å². The largest absolute Gasteiger partial charge is 1.00 e. The minimum absolute atomic E-state index is 0. The van der Waals surface area contributed by atoms with E-state index in [4.69, 9.17) is 59.6 Å². The summed E-state index contributed by atoms with van der Waals surface area (Å²) in [7, 11) is -40.3. The molecule has 0 spiro atoms. The fourth-order valence-electron chi connectivity index (χ4n) is 11.7. The van der Waals surface area contributed by atoms with Crippen molar-refractivity contribution >= 4 is 60.8 Å². The van der Waals surface area contributed by atoms with Crippen molar-refractivity contribution in [2.45, 2.75) is 435 Å². The Morgan fingerprint density at radius 2 is 0.268 bits per heavy atom. The minimum atomic E-state index is -5.11. The second-order valence-corrected chi connectivity index (χ2v) is 44.6. The number of hydrogen-bond donors (Lipinski definition) is 12. The van der Waals surface area contributed by atoms with E-state index in [1.165, 1.54) is 283 Å². The fraction of sp³-hybridized carbons (Fsp3) is 1.00. The maximum atomic E-state index is 11.4. The molecule has 40 heteroatoms. The molecule has 0 fully saturated rings. The van der Waals surface area contributed by atoms with Gasteiger partial charge in [0.1, 0.15) is 0 Å². The van der Waals surface area contributed by atoms with Crippen molar-refractivity contribution in [3.05, 3.63) is 0 Å². The molecule has 0 heterocycles. The minimum Gasteiger partial charge on any atom is -0.776 e. The van der Waals surface area contributed by atoms with Gasteiger partial charge in [0, 0.05) is 0 Å². The van der Waals surface area contributed by atoms with Crippen LogP contribution in [0.25, 0.3) is 0 Å². The predicted molar refractivity (Wildman–Crippen MR) is 426 cm³/mol. The van der Waals surface area contributed by atoms with E-state index in [-0.39, 0.29) is 145 Å². The normalized spacial score (nSPS) is 15.0. The summed E-state index contributed by atoms with van der Waals surface area (Å²) in [5, 5.41) is 36.3. The molecule has 0 saturated heterocycles. The number of rotatable bonds is 76. The third-order valence-corrected chi connectivity index (χ3v) is 32.3. The number of hydrogen-bond acceptors (Lipinski definition) is 20. The first-order valence-electron chi connectivity index (χ1n) is 41.6. The predicted octanol–water partition coefficient (Wildman–Crippen LogP) is 7.54. The fourth-order valence-corrected chi connectivity index (χ4v) is 20.4. The van der Waals surface area contributed by atoms with Gasteiger partial charge >= 0.3 is 149 Å². The van der Waals surface area contributed by atoms with Crippen molar-refractivity contribution < 1.29 is 252 Å². The third-order valence-electron chi connectivity index (χ3n) is 18.4. The zero-order valence-electron chi connectivity index (χ0n) is 71.0. The van der Waals surface area contributed by atoms with E-state index in [0.717, 1.165) is 77.0 Å². The van der Waals surface area contributed by atoms with Crippen LogP contribution in [0.4, 0.5) is 0 Å². The van der Waals surface area contributed by atoms with Crippen molar-refractivity contribution in [3.8, 4) is 0 Å². The third kappa shape index (κ3) is 89.8. The van der Waals surface area contributed by atoms with Gasteiger partial charge < -0.3 is 116 Å². The first kappa shape index (κ1) is 133. The van der Waals surface area contributed by atoms with Crippen LogP contribution in [0.15, 0.2) is 0 Å². The van der Waals surface area contributed by atoms with Gasteiger partial charge in [-0.15, -0.1) is 0 Å². The Labute approximate surface area is 766 Å². The summed E-state index contributed by atoms with van der Waals surface area (Å²) in [4.78, 5) is 115. The van der Waals surface area contributed by atoms with Crippen LogP contribution < -0.4 is 138 Å². The van der Waals surface area contributed by atoms with Crippen LogP contribution in [-0.2, 0) is 54.6 Å². The monoisotopic (exact) mass is 1810 g/mol. The van der Waals surface area contributed by atoms with E-state index in [2.05, 4.69) is 45.8 Å². The van der Waals surface area contributed by atoms with Crippen LogP contribution >= 0.6 is 60.8 Å². The molecule has 8 unspecified atom stereocenters. The van der Waals surface area contributed by atoms with Crippen LogP contribution in [-0.4, -0.2) is 108 Å². The maximum Gasteiger partial charge on any atom is 1.00 e. The topological polar surface area (TPSA) is 508 Å². The van der Waals surface area contributed by atoms with Gasteiger partial charge in [0.25, 0.3) is 0 Å². The van der Waals surface area contributed by atoms with Gasteiger partial charge in [-0.2, -0.15) is 0 Å². The van der Waals surface area contributed by atoms with Crippen molar-refractivity contribution in [3.63, 3.8) is 0 Å². The Kier molecular flexibility index (Phi) is 103. The van der Waals surface area contributed by atoms with Gasteiger partial charge in [0.2, 0.25) is 22.3 Å². The first-order chi connectivity index (χ1) is 50.9. The Hall–Kier alpha value is 5.04. The number of unbranched alkanes of at least 4 members (excludes halogenated alkanes) is 56. The quantitative estimate of drug-likeness (QED) is 0.0159. The first-order valence-corrected chi connectivity index (χ1v) is 54.8. The molecule has 0 aromatic carbocycles. The average Bonchev–Trinajstić information content (AvgIpc) is 0.861. The molecule has 8 atom stereocenters. The van der Waals surface area contributed by atoms with Crippen LogP contribution in [0, 0.1) is 0 Å². The summed E-state index contributed by atoms with van der Waals surface area (Å²) in [6, 6.07) is 0. The molecule has 0 aromatic heterocycles. The van der Waals surface area contributed by atoms with Crippen molar-refractivity contribution in [1.82, 2.24) is 0 Å². The summed E-state index contributed by atoms with van der Waals surface area (Å²) in [5.74, 6) is 0. The molecule has 28 nitrogen and oxygen atoms in total. The van der Waals surface area contributed by atoms with E-state index in [1.807, 2.05) is 0 Å². The smallest absolute Gasteiger partial charge is 0.776 e. The van der Waals surface area contributed by atoms with Crippen LogP contribution in [0.2, 0.25) is 0 Å². The van der Waals surface area contributed by atoms with Gasteiger partial charge in [0.15, 0.2) is 30.4 Å². The molecular weight excluding hydrogens is 1650 g/mol. The second-order valence-electron chi connectivity index (χ2n) is 29.0. The van der Waals surface area contributed by atoms with E-state index >= 15 is 0 Å². The molecule has 0 aromatic rings. The Morgan fingerprint density at radius 1 is 0.188 bits per heavy atom. The van der Waals surface area contributed by atoms with Crippen molar-refractivity contribution in [2.24, 2.45) is 0 Å².